The summed E-state index contributed by atoms with van der Waals surface area (Å²) >= 11 is 0. The topological polar surface area (TPSA) is 56.3 Å². The van der Waals surface area contributed by atoms with Gasteiger partial charge in [-0.25, -0.2) is 9.97 Å². The number of para-hydroxylation sites is 1. The molecular weight excluding hydrogens is 230 g/mol. The number of nitrogens with zero attached hydrogens (tertiary/aromatic N) is 2. The molecule has 1 aliphatic rings. The molecule has 0 saturated heterocycles. The third-order valence-corrected chi connectivity index (χ3v) is 2.74. The van der Waals surface area contributed by atoms with Crippen molar-refractivity contribution >= 4 is 0 Å². The minimum Gasteiger partial charge on any atom is -0.454 e. The Balaban J connectivity index is 1.63. The average molecular weight is 243 g/mol. The van der Waals surface area contributed by atoms with Gasteiger partial charge in [0.05, 0.1) is 0 Å². The molecule has 2 aromatic rings. The minimum atomic E-state index is 0.304. The van der Waals surface area contributed by atoms with E-state index in [1.54, 1.807) is 12.4 Å². The molecule has 1 aliphatic heterocycles. The zero-order valence-electron chi connectivity index (χ0n) is 9.80. The Morgan fingerprint density at radius 1 is 1.11 bits per heavy atom. The van der Waals surface area contributed by atoms with Gasteiger partial charge in [0.1, 0.15) is 6.33 Å². The van der Waals surface area contributed by atoms with Crippen LogP contribution in [0.2, 0.25) is 0 Å². The number of rotatable bonds is 4. The van der Waals surface area contributed by atoms with E-state index in [0.29, 0.717) is 6.79 Å². The van der Waals surface area contributed by atoms with Crippen LogP contribution < -0.4 is 14.8 Å². The number of nitrogens with one attached hydrogen (secondary N) is 1. The van der Waals surface area contributed by atoms with Crippen molar-refractivity contribution in [1.82, 2.24) is 15.3 Å². The molecule has 0 amide bonds. The first-order valence-electron chi connectivity index (χ1n) is 5.75. The number of benzene rings is 1. The van der Waals surface area contributed by atoms with Crippen LogP contribution in [0.15, 0.2) is 36.9 Å². The SMILES string of the molecule is c1cc(CNCc2cncnc2)c2c(c1)OCO2. The molecule has 5 heteroatoms. The standard InChI is InChI=1S/C13H13N3O2/c1-2-11(13-12(3-1)17-9-18-13)7-14-4-10-5-15-8-16-6-10/h1-3,5-6,8,14H,4,7,9H2. The number of hydrogen-bond donors (Lipinski definition) is 1. The first-order chi connectivity index (χ1) is 8.93. The number of ether oxygens (including phenoxy) is 2. The van der Waals surface area contributed by atoms with E-state index < -0.39 is 0 Å². The molecule has 0 unspecified atom stereocenters. The maximum Gasteiger partial charge on any atom is 0.231 e. The lowest BCUT2D eigenvalue weighted by atomic mass is 10.2. The molecule has 0 saturated carbocycles. The Labute approximate surface area is 105 Å². The highest BCUT2D eigenvalue weighted by Gasteiger charge is 2.16. The lowest BCUT2D eigenvalue weighted by Crippen LogP contribution is -2.13. The second kappa shape index (κ2) is 5.01. The van der Waals surface area contributed by atoms with E-state index >= 15 is 0 Å². The summed E-state index contributed by atoms with van der Waals surface area (Å²) in [6, 6.07) is 5.91. The highest BCUT2D eigenvalue weighted by molar-refractivity contribution is 5.48. The Morgan fingerprint density at radius 2 is 2.00 bits per heavy atom. The van der Waals surface area contributed by atoms with Crippen molar-refractivity contribution in [2.24, 2.45) is 0 Å². The normalized spacial score (nSPS) is 12.7. The Kier molecular flexibility index (Phi) is 3.06. The maximum atomic E-state index is 5.45. The zero-order valence-corrected chi connectivity index (χ0v) is 9.80. The van der Waals surface area contributed by atoms with Gasteiger partial charge in [0, 0.05) is 36.6 Å². The summed E-state index contributed by atoms with van der Waals surface area (Å²) in [6.45, 7) is 1.76. The van der Waals surface area contributed by atoms with Crippen molar-refractivity contribution < 1.29 is 9.47 Å². The lowest BCUT2D eigenvalue weighted by Gasteiger charge is -2.07. The Bertz CT molecular complexity index is 531. The van der Waals surface area contributed by atoms with E-state index in [4.69, 9.17) is 9.47 Å². The van der Waals surface area contributed by atoms with Gasteiger partial charge in [-0.3, -0.25) is 0 Å². The Morgan fingerprint density at radius 3 is 2.89 bits per heavy atom. The fourth-order valence-corrected chi connectivity index (χ4v) is 1.89. The highest BCUT2D eigenvalue weighted by atomic mass is 16.7. The second-order valence-electron chi connectivity index (χ2n) is 4.00. The summed E-state index contributed by atoms with van der Waals surface area (Å²) in [7, 11) is 0. The van der Waals surface area contributed by atoms with E-state index in [1.165, 1.54) is 6.33 Å². The van der Waals surface area contributed by atoms with Crippen LogP contribution >= 0.6 is 0 Å². The third-order valence-electron chi connectivity index (χ3n) is 2.74. The minimum absolute atomic E-state index is 0.304. The van der Waals surface area contributed by atoms with Crippen molar-refractivity contribution in [3.05, 3.63) is 48.0 Å². The third kappa shape index (κ3) is 2.26. The molecule has 0 aliphatic carbocycles. The summed E-state index contributed by atoms with van der Waals surface area (Å²) in [5, 5.41) is 3.33. The van der Waals surface area contributed by atoms with E-state index in [9.17, 15) is 0 Å². The Hall–Kier alpha value is -2.14. The van der Waals surface area contributed by atoms with Gasteiger partial charge in [-0.1, -0.05) is 12.1 Å². The van der Waals surface area contributed by atoms with Crippen LogP contribution in [0.25, 0.3) is 0 Å². The van der Waals surface area contributed by atoms with Gasteiger partial charge < -0.3 is 14.8 Å². The lowest BCUT2D eigenvalue weighted by molar-refractivity contribution is 0.173. The van der Waals surface area contributed by atoms with Gasteiger partial charge in [0.25, 0.3) is 0 Å². The van der Waals surface area contributed by atoms with Gasteiger partial charge in [0.2, 0.25) is 6.79 Å². The van der Waals surface area contributed by atoms with Crippen molar-refractivity contribution in [2.45, 2.75) is 13.1 Å². The van der Waals surface area contributed by atoms with Crippen molar-refractivity contribution in [2.75, 3.05) is 6.79 Å². The molecule has 1 N–H and O–H groups in total. The van der Waals surface area contributed by atoms with Gasteiger partial charge >= 0.3 is 0 Å². The molecule has 0 atom stereocenters. The predicted octanol–water partition coefficient (Wildman–Crippen LogP) is 1.50. The van der Waals surface area contributed by atoms with E-state index in [2.05, 4.69) is 15.3 Å². The van der Waals surface area contributed by atoms with Crippen LogP contribution in [0, 0.1) is 0 Å². The molecule has 5 nitrogen and oxygen atoms in total. The van der Waals surface area contributed by atoms with E-state index in [-0.39, 0.29) is 0 Å². The summed E-state index contributed by atoms with van der Waals surface area (Å²) in [5.74, 6) is 1.66. The van der Waals surface area contributed by atoms with Crippen LogP contribution in [-0.4, -0.2) is 16.8 Å². The summed E-state index contributed by atoms with van der Waals surface area (Å²) < 4.78 is 10.8. The molecule has 92 valence electrons. The molecule has 0 radical (unpaired) electrons. The van der Waals surface area contributed by atoms with E-state index in [0.717, 1.165) is 35.7 Å². The van der Waals surface area contributed by atoms with Gasteiger partial charge in [-0.2, -0.15) is 0 Å². The molecule has 2 heterocycles. The van der Waals surface area contributed by atoms with Crippen LogP contribution in [0.5, 0.6) is 11.5 Å². The quantitative estimate of drug-likeness (QED) is 0.881. The molecular formula is C13H13N3O2. The highest BCUT2D eigenvalue weighted by Crippen LogP contribution is 2.35. The van der Waals surface area contributed by atoms with Crippen molar-refractivity contribution in [3.63, 3.8) is 0 Å². The first kappa shape index (κ1) is 11.0. The monoisotopic (exact) mass is 243 g/mol. The number of hydrogen-bond acceptors (Lipinski definition) is 5. The summed E-state index contributed by atoms with van der Waals surface area (Å²) in [4.78, 5) is 7.94. The number of fused-ring (bicyclic) bond motifs is 1. The van der Waals surface area contributed by atoms with Crippen LogP contribution in [0.1, 0.15) is 11.1 Å². The molecule has 0 bridgehead atoms. The molecule has 0 fully saturated rings. The second-order valence-corrected chi connectivity index (χ2v) is 4.00. The van der Waals surface area contributed by atoms with Crippen molar-refractivity contribution in [1.29, 1.82) is 0 Å². The molecule has 0 spiro atoms. The van der Waals surface area contributed by atoms with Gasteiger partial charge in [-0.05, 0) is 6.07 Å². The van der Waals surface area contributed by atoms with Crippen LogP contribution in [0.3, 0.4) is 0 Å². The predicted molar refractivity (Wildman–Crippen MR) is 65.1 cm³/mol. The first-order valence-corrected chi connectivity index (χ1v) is 5.75. The molecule has 18 heavy (non-hydrogen) atoms. The number of aromatic nitrogens is 2. The van der Waals surface area contributed by atoms with Crippen LogP contribution in [-0.2, 0) is 13.1 Å². The maximum absolute atomic E-state index is 5.45. The van der Waals surface area contributed by atoms with Crippen LogP contribution in [0.4, 0.5) is 0 Å². The largest absolute Gasteiger partial charge is 0.454 e. The molecule has 1 aromatic carbocycles. The average Bonchev–Trinajstić information content (AvgIpc) is 2.89. The smallest absolute Gasteiger partial charge is 0.231 e. The van der Waals surface area contributed by atoms with Gasteiger partial charge in [0.15, 0.2) is 11.5 Å². The summed E-state index contributed by atoms with van der Waals surface area (Å²) in [5.41, 5.74) is 2.16. The van der Waals surface area contributed by atoms with E-state index in [1.807, 2.05) is 18.2 Å². The van der Waals surface area contributed by atoms with Gasteiger partial charge in [-0.15, -0.1) is 0 Å². The fraction of sp³-hybridized carbons (Fsp3) is 0.231. The zero-order chi connectivity index (χ0) is 12.2. The molecule has 3 rings (SSSR count). The fourth-order valence-electron chi connectivity index (χ4n) is 1.89. The van der Waals surface area contributed by atoms with Crippen molar-refractivity contribution in [3.8, 4) is 11.5 Å². The molecule has 1 aromatic heterocycles. The summed E-state index contributed by atoms with van der Waals surface area (Å²) in [6.07, 6.45) is 5.13.